The van der Waals surface area contributed by atoms with Gasteiger partial charge >= 0.3 is 6.09 Å². The molecule has 0 heterocycles. The Morgan fingerprint density at radius 2 is 2.64 bits per heavy atom. The number of amides is 1. The van der Waals surface area contributed by atoms with Crippen LogP contribution in [0.15, 0.2) is 17.3 Å². The van der Waals surface area contributed by atoms with Gasteiger partial charge in [-0.1, -0.05) is 12.2 Å². The van der Waals surface area contributed by atoms with E-state index in [1.807, 2.05) is 0 Å². The van der Waals surface area contributed by atoms with E-state index in [0.717, 1.165) is 18.6 Å². The van der Waals surface area contributed by atoms with Crippen LogP contribution in [0.5, 0.6) is 0 Å². The summed E-state index contributed by atoms with van der Waals surface area (Å²) in [6.07, 6.45) is 5.99. The van der Waals surface area contributed by atoms with E-state index in [9.17, 15) is 4.79 Å². The van der Waals surface area contributed by atoms with E-state index < -0.39 is 6.09 Å². The molecule has 2 rings (SSSR count). The number of nitrogens with zero attached hydrogens (tertiary/aromatic N) is 1. The highest BCUT2D eigenvalue weighted by Gasteiger charge is 2.37. The maximum Gasteiger partial charge on any atom is 0.427 e. The van der Waals surface area contributed by atoms with Crippen molar-refractivity contribution in [2.24, 2.45) is 16.9 Å². The van der Waals surface area contributed by atoms with Crippen LogP contribution in [0.4, 0.5) is 4.79 Å². The molecule has 0 radical (unpaired) electrons. The van der Waals surface area contributed by atoms with Gasteiger partial charge in [-0.25, -0.2) is 10.2 Å². The average molecular weight is 194 g/mol. The molecule has 2 aliphatic carbocycles. The topological polar surface area (TPSA) is 50.7 Å². The highest BCUT2D eigenvalue weighted by Crippen LogP contribution is 2.39. The lowest BCUT2D eigenvalue weighted by Gasteiger charge is -2.31. The molecular weight excluding hydrogens is 180 g/mol. The Labute approximate surface area is 83.0 Å². The van der Waals surface area contributed by atoms with Crippen LogP contribution in [0.3, 0.4) is 0 Å². The molecule has 76 valence electrons. The number of allylic oxidation sites excluding steroid dienone is 2. The number of hydrogen-bond donors (Lipinski definition) is 1. The van der Waals surface area contributed by atoms with Crippen molar-refractivity contribution in [1.29, 1.82) is 0 Å². The van der Waals surface area contributed by atoms with Crippen molar-refractivity contribution in [2.75, 3.05) is 6.61 Å². The van der Waals surface area contributed by atoms with Gasteiger partial charge in [0.05, 0.1) is 6.61 Å². The predicted octanol–water partition coefficient (Wildman–Crippen LogP) is 1.68. The van der Waals surface area contributed by atoms with Crippen molar-refractivity contribution >= 4 is 11.8 Å². The third kappa shape index (κ3) is 1.64. The number of carbonyl (C=O) groups excluding carboxylic acids is 1. The van der Waals surface area contributed by atoms with E-state index in [1.54, 1.807) is 6.92 Å². The molecule has 1 amide bonds. The Balaban J connectivity index is 1.80. The van der Waals surface area contributed by atoms with Crippen LogP contribution < -0.4 is 5.43 Å². The largest absolute Gasteiger partial charge is 0.449 e. The Morgan fingerprint density at radius 1 is 1.79 bits per heavy atom. The van der Waals surface area contributed by atoms with Crippen LogP contribution in [0.2, 0.25) is 0 Å². The van der Waals surface area contributed by atoms with Crippen molar-refractivity contribution in [2.45, 2.75) is 19.8 Å². The summed E-state index contributed by atoms with van der Waals surface area (Å²) in [5.74, 6) is 1.20. The molecule has 0 aromatic carbocycles. The lowest BCUT2D eigenvalue weighted by atomic mass is 9.74. The summed E-state index contributed by atoms with van der Waals surface area (Å²) in [5, 5.41) is 4.04. The first-order chi connectivity index (χ1) is 6.81. The van der Waals surface area contributed by atoms with Crippen LogP contribution in [0.25, 0.3) is 0 Å². The van der Waals surface area contributed by atoms with Crippen molar-refractivity contribution < 1.29 is 9.53 Å². The molecule has 1 N–H and O–H groups in total. The van der Waals surface area contributed by atoms with Gasteiger partial charge in [0, 0.05) is 11.6 Å². The Morgan fingerprint density at radius 3 is 3.36 bits per heavy atom. The summed E-state index contributed by atoms with van der Waals surface area (Å²) in [7, 11) is 0. The lowest BCUT2D eigenvalue weighted by Crippen LogP contribution is -2.35. The summed E-state index contributed by atoms with van der Waals surface area (Å²) in [6.45, 7) is 2.15. The quantitative estimate of drug-likeness (QED) is 0.537. The van der Waals surface area contributed by atoms with Gasteiger partial charge in [-0.2, -0.15) is 5.10 Å². The first kappa shape index (κ1) is 9.24. The fraction of sp³-hybridized carbons (Fsp3) is 0.600. The van der Waals surface area contributed by atoms with Crippen molar-refractivity contribution in [1.82, 2.24) is 5.43 Å². The fourth-order valence-corrected chi connectivity index (χ4v) is 1.94. The van der Waals surface area contributed by atoms with Crippen molar-refractivity contribution in [3.05, 3.63) is 12.2 Å². The second-order valence-electron chi connectivity index (χ2n) is 3.57. The van der Waals surface area contributed by atoms with Gasteiger partial charge in [-0.15, -0.1) is 0 Å². The highest BCUT2D eigenvalue weighted by molar-refractivity contribution is 5.94. The van der Waals surface area contributed by atoms with Crippen LogP contribution >= 0.6 is 0 Å². The zero-order valence-electron chi connectivity index (χ0n) is 8.19. The number of hydrogen-bond acceptors (Lipinski definition) is 3. The number of ether oxygens (including phenoxy) is 1. The summed E-state index contributed by atoms with van der Waals surface area (Å²) in [6, 6.07) is 0. The molecule has 2 aliphatic rings. The number of rotatable bonds is 2. The molecule has 1 saturated carbocycles. The SMILES string of the molecule is CCOC(=O)N/N=C1\C[C@H]2C=CC[C@@H]12. The smallest absolute Gasteiger partial charge is 0.427 e. The monoisotopic (exact) mass is 194 g/mol. The lowest BCUT2D eigenvalue weighted by molar-refractivity contribution is 0.152. The van der Waals surface area contributed by atoms with Gasteiger partial charge in [0.1, 0.15) is 0 Å². The van der Waals surface area contributed by atoms with E-state index in [-0.39, 0.29) is 0 Å². The highest BCUT2D eigenvalue weighted by atomic mass is 16.5. The van der Waals surface area contributed by atoms with Gasteiger partial charge in [-0.05, 0) is 25.7 Å². The molecule has 0 unspecified atom stereocenters. The van der Waals surface area contributed by atoms with E-state index in [1.165, 1.54) is 0 Å². The maximum absolute atomic E-state index is 10.9. The Hall–Kier alpha value is -1.32. The molecule has 4 nitrogen and oxygen atoms in total. The second kappa shape index (κ2) is 3.82. The molecule has 0 bridgehead atoms. The number of carbonyl (C=O) groups is 1. The zero-order valence-corrected chi connectivity index (χ0v) is 8.19. The van der Waals surface area contributed by atoms with E-state index in [2.05, 4.69) is 22.7 Å². The third-order valence-corrected chi connectivity index (χ3v) is 2.73. The van der Waals surface area contributed by atoms with Crippen LogP contribution in [-0.2, 0) is 4.74 Å². The molecule has 2 atom stereocenters. The summed E-state index contributed by atoms with van der Waals surface area (Å²) in [5.41, 5.74) is 3.49. The molecule has 1 fully saturated rings. The normalized spacial score (nSPS) is 31.1. The zero-order chi connectivity index (χ0) is 9.97. The van der Waals surface area contributed by atoms with Gasteiger partial charge in [0.2, 0.25) is 0 Å². The molecule has 0 aliphatic heterocycles. The Kier molecular flexibility index (Phi) is 2.52. The molecule has 0 saturated heterocycles. The van der Waals surface area contributed by atoms with Gasteiger partial charge < -0.3 is 4.74 Å². The molecule has 14 heavy (non-hydrogen) atoms. The van der Waals surface area contributed by atoms with E-state index >= 15 is 0 Å². The standard InChI is InChI=1S/C10H14N2O2/c1-2-14-10(13)12-11-9-6-7-4-3-5-8(7)9/h3-4,7-8H,2,5-6H2,1H3,(H,12,13)/b11-9+/t7-,8-/m1/s1. The maximum atomic E-state index is 10.9. The third-order valence-electron chi connectivity index (χ3n) is 2.73. The van der Waals surface area contributed by atoms with Crippen molar-refractivity contribution in [3.63, 3.8) is 0 Å². The van der Waals surface area contributed by atoms with Crippen molar-refractivity contribution in [3.8, 4) is 0 Å². The molecular formula is C10H14N2O2. The van der Waals surface area contributed by atoms with Crippen LogP contribution in [-0.4, -0.2) is 18.4 Å². The minimum atomic E-state index is -0.464. The summed E-state index contributed by atoms with van der Waals surface area (Å²) in [4.78, 5) is 10.9. The van der Waals surface area contributed by atoms with E-state index in [0.29, 0.717) is 18.4 Å². The van der Waals surface area contributed by atoms with Gasteiger partial charge in [0.15, 0.2) is 0 Å². The fourth-order valence-electron chi connectivity index (χ4n) is 1.94. The molecule has 0 aromatic heterocycles. The minimum absolute atomic E-state index is 0.379. The first-order valence-electron chi connectivity index (χ1n) is 4.97. The number of nitrogens with one attached hydrogen (secondary N) is 1. The number of hydrazone groups is 1. The molecule has 0 aromatic rings. The average Bonchev–Trinajstić information content (AvgIpc) is 2.48. The Bertz CT molecular complexity index is 296. The van der Waals surface area contributed by atoms with E-state index in [4.69, 9.17) is 4.74 Å². The second-order valence-corrected chi connectivity index (χ2v) is 3.57. The number of fused-ring (bicyclic) bond motifs is 1. The minimum Gasteiger partial charge on any atom is -0.449 e. The predicted molar refractivity (Wildman–Crippen MR) is 52.9 cm³/mol. The molecule has 4 heteroatoms. The van der Waals surface area contributed by atoms with Gasteiger partial charge in [0.25, 0.3) is 0 Å². The molecule has 0 spiro atoms. The van der Waals surface area contributed by atoms with Crippen LogP contribution in [0, 0.1) is 11.8 Å². The summed E-state index contributed by atoms with van der Waals surface area (Å²) < 4.78 is 4.70. The van der Waals surface area contributed by atoms with Gasteiger partial charge in [-0.3, -0.25) is 0 Å². The van der Waals surface area contributed by atoms with Crippen LogP contribution in [0.1, 0.15) is 19.8 Å². The summed E-state index contributed by atoms with van der Waals surface area (Å²) >= 11 is 0. The first-order valence-corrected chi connectivity index (χ1v) is 4.97.